The zero-order valence-electron chi connectivity index (χ0n) is 10.6. The predicted molar refractivity (Wildman–Crippen MR) is 70.5 cm³/mol. The number of carbonyl (C=O) groups is 1. The summed E-state index contributed by atoms with van der Waals surface area (Å²) in [6, 6.07) is 0. The molecule has 0 aliphatic carbocycles. The molecule has 0 heterocycles. The predicted octanol–water partition coefficient (Wildman–Crippen LogP) is 2.54. The number of esters is 1. The van der Waals surface area contributed by atoms with Gasteiger partial charge in [0.05, 0.1) is 26.4 Å². The quantitative estimate of drug-likeness (QED) is 0.316. The summed E-state index contributed by atoms with van der Waals surface area (Å²) in [7, 11) is 0. The number of halogens is 1. The van der Waals surface area contributed by atoms with Crippen LogP contribution in [0.4, 0.5) is 0 Å². The molecule has 0 unspecified atom stereocenters. The fourth-order valence-corrected chi connectivity index (χ4v) is 1.41. The Hall–Kier alpha value is -0.130. The van der Waals surface area contributed by atoms with Crippen LogP contribution in [0.15, 0.2) is 0 Å². The Balaban J connectivity index is 3.08. The zero-order chi connectivity index (χ0) is 12.8. The Kier molecular flexibility index (Phi) is 13.8. The fourth-order valence-electron chi connectivity index (χ4n) is 1.18. The molecule has 0 saturated heterocycles. The number of unbranched alkanes of at least 4 members (excludes halogenated alkanes) is 2. The molecule has 0 aliphatic rings. The third kappa shape index (κ3) is 13.8. The summed E-state index contributed by atoms with van der Waals surface area (Å²) >= 11 is 3.26. The van der Waals surface area contributed by atoms with Crippen LogP contribution < -0.4 is 0 Å². The highest BCUT2D eigenvalue weighted by Gasteiger charge is 2.01. The number of ether oxygens (including phenoxy) is 3. The van der Waals surface area contributed by atoms with Gasteiger partial charge in [0, 0.05) is 11.8 Å². The van der Waals surface area contributed by atoms with E-state index < -0.39 is 0 Å². The molecule has 0 aromatic heterocycles. The van der Waals surface area contributed by atoms with Gasteiger partial charge in [-0.2, -0.15) is 0 Å². The Labute approximate surface area is 112 Å². The molecule has 4 nitrogen and oxygen atoms in total. The third-order valence-corrected chi connectivity index (χ3v) is 2.39. The molecule has 0 rings (SSSR count). The van der Waals surface area contributed by atoms with Crippen molar-refractivity contribution in [3.05, 3.63) is 0 Å². The van der Waals surface area contributed by atoms with Gasteiger partial charge >= 0.3 is 5.97 Å². The molecule has 0 atom stereocenters. The summed E-state index contributed by atoms with van der Waals surface area (Å²) in [5.74, 6) is -0.127. The number of alkyl halides is 1. The first-order chi connectivity index (χ1) is 8.31. The molecule has 0 aliphatic heterocycles. The van der Waals surface area contributed by atoms with Crippen LogP contribution in [0, 0.1) is 0 Å². The maximum Gasteiger partial charge on any atom is 0.305 e. The molecule has 102 valence electrons. The second kappa shape index (κ2) is 13.9. The Morgan fingerprint density at radius 1 is 1.00 bits per heavy atom. The van der Waals surface area contributed by atoms with Gasteiger partial charge in [0.2, 0.25) is 0 Å². The van der Waals surface area contributed by atoms with Crippen molar-refractivity contribution in [2.75, 3.05) is 38.4 Å². The smallest absolute Gasteiger partial charge is 0.305 e. The van der Waals surface area contributed by atoms with Crippen molar-refractivity contribution in [3.8, 4) is 0 Å². The third-order valence-electron chi connectivity index (χ3n) is 2.07. The second-order valence-corrected chi connectivity index (χ2v) is 4.38. The van der Waals surface area contributed by atoms with Crippen molar-refractivity contribution in [1.82, 2.24) is 0 Å². The standard InChI is InChI=1S/C12H23BrO4/c1-2-3-4-5-12(14)17-11-10-16-9-8-15-7-6-13/h2-11H2,1H3. The summed E-state index contributed by atoms with van der Waals surface area (Å²) < 4.78 is 15.4. The van der Waals surface area contributed by atoms with Gasteiger partial charge in [-0.1, -0.05) is 35.7 Å². The first kappa shape index (κ1) is 16.9. The molecule has 5 heteroatoms. The summed E-state index contributed by atoms with van der Waals surface area (Å²) in [4.78, 5) is 11.2. The van der Waals surface area contributed by atoms with Crippen molar-refractivity contribution in [2.45, 2.75) is 32.6 Å². The number of carbonyl (C=O) groups excluding carboxylic acids is 1. The van der Waals surface area contributed by atoms with E-state index in [4.69, 9.17) is 14.2 Å². The molecule has 0 amide bonds. The first-order valence-corrected chi connectivity index (χ1v) is 7.30. The topological polar surface area (TPSA) is 44.8 Å². The summed E-state index contributed by atoms with van der Waals surface area (Å²) in [5, 5.41) is 0.836. The lowest BCUT2D eigenvalue weighted by molar-refractivity contribution is -0.145. The molecule has 0 spiro atoms. The fraction of sp³-hybridized carbons (Fsp3) is 0.917. The Morgan fingerprint density at radius 3 is 2.29 bits per heavy atom. The van der Waals surface area contributed by atoms with Crippen molar-refractivity contribution in [1.29, 1.82) is 0 Å². The first-order valence-electron chi connectivity index (χ1n) is 6.18. The van der Waals surface area contributed by atoms with E-state index in [-0.39, 0.29) is 5.97 Å². The minimum Gasteiger partial charge on any atom is -0.463 e. The number of hydrogen-bond acceptors (Lipinski definition) is 4. The molecule has 0 saturated carbocycles. The van der Waals surface area contributed by atoms with E-state index in [1.807, 2.05) is 0 Å². The lowest BCUT2D eigenvalue weighted by Crippen LogP contribution is -2.13. The van der Waals surface area contributed by atoms with Gasteiger partial charge in [0.25, 0.3) is 0 Å². The molecule has 0 bridgehead atoms. The lowest BCUT2D eigenvalue weighted by atomic mass is 10.2. The Bertz CT molecular complexity index is 176. The monoisotopic (exact) mass is 310 g/mol. The minimum absolute atomic E-state index is 0.127. The maximum absolute atomic E-state index is 11.2. The highest BCUT2D eigenvalue weighted by molar-refractivity contribution is 9.09. The van der Waals surface area contributed by atoms with Crippen LogP contribution in [0.25, 0.3) is 0 Å². The van der Waals surface area contributed by atoms with Crippen molar-refractivity contribution < 1.29 is 19.0 Å². The molecule has 17 heavy (non-hydrogen) atoms. The van der Waals surface area contributed by atoms with E-state index in [1.165, 1.54) is 0 Å². The number of rotatable bonds is 12. The molecule has 0 N–H and O–H groups in total. The zero-order valence-corrected chi connectivity index (χ0v) is 12.2. The van der Waals surface area contributed by atoms with E-state index >= 15 is 0 Å². The van der Waals surface area contributed by atoms with Crippen molar-refractivity contribution in [3.63, 3.8) is 0 Å². The summed E-state index contributed by atoms with van der Waals surface area (Å²) in [6.45, 7) is 4.70. The Morgan fingerprint density at radius 2 is 1.65 bits per heavy atom. The van der Waals surface area contributed by atoms with Crippen LogP contribution in [0.3, 0.4) is 0 Å². The molecular formula is C12H23BrO4. The summed E-state index contributed by atoms with van der Waals surface area (Å²) in [5.41, 5.74) is 0. The van der Waals surface area contributed by atoms with Gasteiger partial charge in [0.1, 0.15) is 6.61 Å². The lowest BCUT2D eigenvalue weighted by Gasteiger charge is -2.06. The van der Waals surface area contributed by atoms with Gasteiger partial charge < -0.3 is 14.2 Å². The highest BCUT2D eigenvalue weighted by atomic mass is 79.9. The van der Waals surface area contributed by atoms with E-state index in [2.05, 4.69) is 22.9 Å². The minimum atomic E-state index is -0.127. The van der Waals surface area contributed by atoms with Gasteiger partial charge in [-0.15, -0.1) is 0 Å². The normalized spacial score (nSPS) is 10.5. The van der Waals surface area contributed by atoms with Crippen LogP contribution in [0.5, 0.6) is 0 Å². The van der Waals surface area contributed by atoms with Crippen LogP contribution >= 0.6 is 15.9 Å². The molecular weight excluding hydrogens is 288 g/mol. The van der Waals surface area contributed by atoms with Crippen LogP contribution in [0.1, 0.15) is 32.6 Å². The number of hydrogen-bond donors (Lipinski definition) is 0. The van der Waals surface area contributed by atoms with Gasteiger partial charge in [-0.25, -0.2) is 0 Å². The average Bonchev–Trinajstić information content (AvgIpc) is 2.33. The van der Waals surface area contributed by atoms with Crippen molar-refractivity contribution in [2.24, 2.45) is 0 Å². The molecule has 0 radical (unpaired) electrons. The van der Waals surface area contributed by atoms with Crippen LogP contribution in [0.2, 0.25) is 0 Å². The van der Waals surface area contributed by atoms with E-state index in [0.29, 0.717) is 39.5 Å². The van der Waals surface area contributed by atoms with E-state index in [9.17, 15) is 4.79 Å². The van der Waals surface area contributed by atoms with Crippen LogP contribution in [-0.2, 0) is 19.0 Å². The van der Waals surface area contributed by atoms with E-state index in [1.54, 1.807) is 0 Å². The van der Waals surface area contributed by atoms with Crippen LogP contribution in [-0.4, -0.2) is 44.3 Å². The molecule has 0 aromatic carbocycles. The SMILES string of the molecule is CCCCCC(=O)OCCOCCOCCBr. The average molecular weight is 311 g/mol. The molecule has 0 fully saturated rings. The largest absolute Gasteiger partial charge is 0.463 e. The van der Waals surface area contributed by atoms with Gasteiger partial charge in [0.15, 0.2) is 0 Å². The van der Waals surface area contributed by atoms with Gasteiger partial charge in [-0.05, 0) is 6.42 Å². The maximum atomic E-state index is 11.2. The van der Waals surface area contributed by atoms with E-state index in [0.717, 1.165) is 24.6 Å². The highest BCUT2D eigenvalue weighted by Crippen LogP contribution is 2.00. The van der Waals surface area contributed by atoms with Crippen molar-refractivity contribution >= 4 is 21.9 Å². The summed E-state index contributed by atoms with van der Waals surface area (Å²) in [6.07, 6.45) is 3.63. The van der Waals surface area contributed by atoms with Gasteiger partial charge in [-0.3, -0.25) is 4.79 Å². The second-order valence-electron chi connectivity index (χ2n) is 3.59. The molecule has 0 aromatic rings.